The van der Waals surface area contributed by atoms with Gasteiger partial charge in [0.25, 0.3) is 11.8 Å². The summed E-state index contributed by atoms with van der Waals surface area (Å²) in [4.78, 5) is 37.4. The average molecular weight is 408 g/mol. The van der Waals surface area contributed by atoms with Gasteiger partial charge in [0.15, 0.2) is 6.61 Å². The molecule has 0 saturated carbocycles. The summed E-state index contributed by atoms with van der Waals surface area (Å²) in [7, 11) is 0. The molecule has 0 spiro atoms. The van der Waals surface area contributed by atoms with Crippen LogP contribution < -0.4 is 10.6 Å². The fourth-order valence-electron chi connectivity index (χ4n) is 2.68. The monoisotopic (exact) mass is 408 g/mol. The third-order valence-electron chi connectivity index (χ3n) is 4.10. The molecule has 0 radical (unpaired) electrons. The minimum atomic E-state index is -0.543. The first-order chi connectivity index (χ1) is 13.9. The van der Waals surface area contributed by atoms with Crippen LogP contribution in [0.15, 0.2) is 60.0 Å². The quantitative estimate of drug-likeness (QED) is 0.592. The first-order valence-electron chi connectivity index (χ1n) is 8.92. The summed E-state index contributed by atoms with van der Waals surface area (Å²) in [5, 5.41) is 7.23. The third-order valence-corrected chi connectivity index (χ3v) is 5.10. The summed E-state index contributed by atoms with van der Waals surface area (Å²) in [6, 6.07) is 15.9. The van der Waals surface area contributed by atoms with Crippen molar-refractivity contribution in [2.45, 2.75) is 13.8 Å². The SMILES string of the molecule is Cc1cccc(NC(=O)c2ccccc2NC(=O)COC(=O)c2sccc2C)c1. The number of benzene rings is 2. The highest BCUT2D eigenvalue weighted by Gasteiger charge is 2.16. The fraction of sp³-hybridized carbons (Fsp3) is 0.136. The van der Waals surface area contributed by atoms with Gasteiger partial charge < -0.3 is 15.4 Å². The number of carbonyl (C=O) groups excluding carboxylic acids is 3. The van der Waals surface area contributed by atoms with Crippen molar-refractivity contribution in [1.29, 1.82) is 0 Å². The number of para-hydroxylation sites is 1. The second-order valence-electron chi connectivity index (χ2n) is 6.43. The number of hydrogen-bond acceptors (Lipinski definition) is 5. The maximum Gasteiger partial charge on any atom is 0.349 e. The van der Waals surface area contributed by atoms with Crippen molar-refractivity contribution in [3.05, 3.63) is 81.5 Å². The lowest BCUT2D eigenvalue weighted by Crippen LogP contribution is -2.23. The summed E-state index contributed by atoms with van der Waals surface area (Å²) in [6.07, 6.45) is 0. The van der Waals surface area contributed by atoms with Crippen molar-refractivity contribution in [1.82, 2.24) is 0 Å². The van der Waals surface area contributed by atoms with Crippen molar-refractivity contribution < 1.29 is 19.1 Å². The number of carbonyl (C=O) groups is 3. The van der Waals surface area contributed by atoms with Gasteiger partial charge in [-0.05, 0) is 60.7 Å². The third kappa shape index (κ3) is 5.30. The Morgan fingerprint density at radius 3 is 2.48 bits per heavy atom. The molecule has 0 aliphatic heterocycles. The minimum absolute atomic E-state index is 0.308. The highest BCUT2D eigenvalue weighted by atomic mass is 32.1. The van der Waals surface area contributed by atoms with Gasteiger partial charge in [-0.2, -0.15) is 0 Å². The second-order valence-corrected chi connectivity index (χ2v) is 7.34. The molecule has 2 amide bonds. The van der Waals surface area contributed by atoms with E-state index in [4.69, 9.17) is 4.74 Å². The molecule has 0 atom stereocenters. The molecule has 0 fully saturated rings. The standard InChI is InChI=1S/C22H20N2O4S/c1-14-6-5-7-16(12-14)23-21(26)17-8-3-4-9-18(17)24-19(25)13-28-22(27)20-15(2)10-11-29-20/h3-12H,13H2,1-2H3,(H,23,26)(H,24,25). The van der Waals surface area contributed by atoms with Gasteiger partial charge in [0.05, 0.1) is 11.3 Å². The summed E-state index contributed by atoms with van der Waals surface area (Å²) in [5.74, 6) is -1.42. The molecule has 7 heteroatoms. The van der Waals surface area contributed by atoms with Gasteiger partial charge in [0.2, 0.25) is 0 Å². The van der Waals surface area contributed by atoms with E-state index < -0.39 is 18.5 Å². The molecule has 1 aromatic heterocycles. The largest absolute Gasteiger partial charge is 0.451 e. The van der Waals surface area contributed by atoms with Crippen molar-refractivity contribution in [2.75, 3.05) is 17.2 Å². The molecule has 0 saturated heterocycles. The van der Waals surface area contributed by atoms with Crippen LogP contribution in [0.5, 0.6) is 0 Å². The first kappa shape index (κ1) is 20.3. The van der Waals surface area contributed by atoms with E-state index in [1.54, 1.807) is 42.6 Å². The lowest BCUT2D eigenvalue weighted by atomic mass is 10.1. The molecule has 29 heavy (non-hydrogen) atoms. The topological polar surface area (TPSA) is 84.5 Å². The Labute approximate surface area is 172 Å². The van der Waals surface area contributed by atoms with Gasteiger partial charge in [-0.25, -0.2) is 4.79 Å². The lowest BCUT2D eigenvalue weighted by molar-refractivity contribution is -0.119. The Balaban J connectivity index is 1.64. The molecule has 0 aliphatic rings. The van der Waals surface area contributed by atoms with Crippen LogP contribution in [0.4, 0.5) is 11.4 Å². The Kier molecular flexibility index (Phi) is 6.41. The fourth-order valence-corrected chi connectivity index (χ4v) is 3.49. The zero-order valence-corrected chi connectivity index (χ0v) is 16.8. The molecule has 0 aliphatic carbocycles. The molecule has 3 rings (SSSR count). The predicted octanol–water partition coefficient (Wildman–Crippen LogP) is 4.41. The van der Waals surface area contributed by atoms with E-state index in [1.807, 2.05) is 31.2 Å². The highest BCUT2D eigenvalue weighted by molar-refractivity contribution is 7.12. The number of amides is 2. The molecule has 1 heterocycles. The Bertz CT molecular complexity index is 1060. The van der Waals surface area contributed by atoms with Crippen LogP contribution in [0.2, 0.25) is 0 Å². The number of thiophene rings is 1. The molecule has 0 unspecified atom stereocenters. The van der Waals surface area contributed by atoms with E-state index in [2.05, 4.69) is 10.6 Å². The molecule has 2 N–H and O–H groups in total. The zero-order chi connectivity index (χ0) is 20.8. The van der Waals surface area contributed by atoms with E-state index >= 15 is 0 Å². The Morgan fingerprint density at radius 1 is 0.966 bits per heavy atom. The van der Waals surface area contributed by atoms with Crippen molar-refractivity contribution in [2.24, 2.45) is 0 Å². The van der Waals surface area contributed by atoms with E-state index in [0.717, 1.165) is 11.1 Å². The maximum absolute atomic E-state index is 12.6. The van der Waals surface area contributed by atoms with Crippen LogP contribution in [-0.4, -0.2) is 24.4 Å². The predicted molar refractivity (Wildman–Crippen MR) is 114 cm³/mol. The molecule has 148 valence electrons. The normalized spacial score (nSPS) is 10.3. The zero-order valence-electron chi connectivity index (χ0n) is 16.0. The lowest BCUT2D eigenvalue weighted by Gasteiger charge is -2.12. The average Bonchev–Trinajstić information content (AvgIpc) is 3.12. The van der Waals surface area contributed by atoms with E-state index in [-0.39, 0.29) is 5.91 Å². The van der Waals surface area contributed by atoms with Crippen LogP contribution >= 0.6 is 11.3 Å². The number of esters is 1. The molecule has 2 aromatic carbocycles. The van der Waals surface area contributed by atoms with Gasteiger partial charge in [-0.15, -0.1) is 11.3 Å². The molecular formula is C22H20N2O4S. The van der Waals surface area contributed by atoms with Crippen LogP contribution in [0.1, 0.15) is 31.2 Å². The summed E-state index contributed by atoms with van der Waals surface area (Å²) in [5.41, 5.74) is 3.14. The Morgan fingerprint density at radius 2 is 1.76 bits per heavy atom. The smallest absolute Gasteiger partial charge is 0.349 e. The van der Waals surface area contributed by atoms with Crippen molar-refractivity contribution >= 4 is 40.5 Å². The van der Waals surface area contributed by atoms with E-state index in [9.17, 15) is 14.4 Å². The number of anilines is 2. The first-order valence-corrected chi connectivity index (χ1v) is 9.80. The number of hydrogen-bond donors (Lipinski definition) is 2. The van der Waals surface area contributed by atoms with Crippen molar-refractivity contribution in [3.8, 4) is 0 Å². The summed E-state index contributed by atoms with van der Waals surface area (Å²) < 4.78 is 5.07. The maximum atomic E-state index is 12.6. The minimum Gasteiger partial charge on any atom is -0.451 e. The van der Waals surface area contributed by atoms with E-state index in [1.165, 1.54) is 11.3 Å². The number of rotatable bonds is 6. The number of nitrogens with one attached hydrogen (secondary N) is 2. The second kappa shape index (κ2) is 9.16. The van der Waals surface area contributed by atoms with Crippen molar-refractivity contribution in [3.63, 3.8) is 0 Å². The van der Waals surface area contributed by atoms with Gasteiger partial charge in [0.1, 0.15) is 4.88 Å². The van der Waals surface area contributed by atoms with E-state index in [0.29, 0.717) is 21.8 Å². The molecule has 3 aromatic rings. The van der Waals surface area contributed by atoms with Crippen LogP contribution in [0.3, 0.4) is 0 Å². The van der Waals surface area contributed by atoms with Gasteiger partial charge in [-0.1, -0.05) is 24.3 Å². The highest BCUT2D eigenvalue weighted by Crippen LogP contribution is 2.19. The number of aryl methyl sites for hydroxylation is 2. The van der Waals surface area contributed by atoms with Crippen LogP contribution in [-0.2, 0) is 9.53 Å². The number of ether oxygens (including phenoxy) is 1. The summed E-state index contributed by atoms with van der Waals surface area (Å²) in [6.45, 7) is 3.29. The van der Waals surface area contributed by atoms with Gasteiger partial charge in [-0.3, -0.25) is 9.59 Å². The van der Waals surface area contributed by atoms with Crippen LogP contribution in [0.25, 0.3) is 0 Å². The Hall–Kier alpha value is -3.45. The van der Waals surface area contributed by atoms with Crippen LogP contribution in [0, 0.1) is 13.8 Å². The summed E-state index contributed by atoms with van der Waals surface area (Å²) >= 11 is 1.26. The molecule has 6 nitrogen and oxygen atoms in total. The molecular weight excluding hydrogens is 388 g/mol. The van der Waals surface area contributed by atoms with Gasteiger partial charge >= 0.3 is 5.97 Å². The molecule has 0 bridgehead atoms. The van der Waals surface area contributed by atoms with Gasteiger partial charge in [0, 0.05) is 5.69 Å².